The highest BCUT2D eigenvalue weighted by atomic mass is 19.4. The lowest BCUT2D eigenvalue weighted by Gasteiger charge is -2.26. The van der Waals surface area contributed by atoms with Crippen molar-refractivity contribution in [1.29, 1.82) is 0 Å². The zero-order chi connectivity index (χ0) is 11.9. The van der Waals surface area contributed by atoms with Gasteiger partial charge < -0.3 is 4.98 Å². The molecule has 1 heterocycles. The van der Waals surface area contributed by atoms with Gasteiger partial charge in [-0.15, -0.1) is 0 Å². The summed E-state index contributed by atoms with van der Waals surface area (Å²) in [5.41, 5.74) is 1.45. The van der Waals surface area contributed by atoms with Crippen molar-refractivity contribution >= 4 is 0 Å². The van der Waals surface area contributed by atoms with Crippen LogP contribution in [0.2, 0.25) is 0 Å². The summed E-state index contributed by atoms with van der Waals surface area (Å²) in [7, 11) is 0. The highest BCUT2D eigenvalue weighted by molar-refractivity contribution is 5.26. The molecule has 0 fully saturated rings. The first-order valence-electron chi connectivity index (χ1n) is 5.16. The van der Waals surface area contributed by atoms with Crippen LogP contribution in [0.25, 0.3) is 0 Å². The molecule has 2 rings (SSSR count). The molecule has 0 aliphatic heterocycles. The second kappa shape index (κ2) is 3.64. The Morgan fingerprint density at radius 1 is 1.44 bits per heavy atom. The van der Waals surface area contributed by atoms with Gasteiger partial charge in [0.2, 0.25) is 0 Å². The SMILES string of the molecule is Cc1cc(=O)c2c([nH]1)CC(C(F)(F)F)CC2. The normalized spacial score (nSPS) is 20.6. The summed E-state index contributed by atoms with van der Waals surface area (Å²) in [4.78, 5) is 14.4. The zero-order valence-electron chi connectivity index (χ0n) is 8.82. The Hall–Kier alpha value is -1.26. The third kappa shape index (κ3) is 1.99. The van der Waals surface area contributed by atoms with E-state index >= 15 is 0 Å². The molecule has 0 aromatic carbocycles. The molecule has 1 N–H and O–H groups in total. The van der Waals surface area contributed by atoms with E-state index in [-0.39, 0.29) is 24.7 Å². The Kier molecular flexibility index (Phi) is 2.56. The molecule has 0 amide bonds. The first-order chi connectivity index (χ1) is 7.38. The zero-order valence-corrected chi connectivity index (χ0v) is 8.82. The number of H-pyrrole nitrogens is 1. The lowest BCUT2D eigenvalue weighted by molar-refractivity contribution is -0.177. The molecule has 0 bridgehead atoms. The van der Waals surface area contributed by atoms with Gasteiger partial charge in [-0.25, -0.2) is 0 Å². The van der Waals surface area contributed by atoms with Crippen LogP contribution in [-0.2, 0) is 12.8 Å². The number of halogens is 3. The molecule has 16 heavy (non-hydrogen) atoms. The lowest BCUT2D eigenvalue weighted by atomic mass is 9.86. The number of pyridine rings is 1. The van der Waals surface area contributed by atoms with Crippen molar-refractivity contribution in [2.24, 2.45) is 5.92 Å². The molecule has 0 saturated carbocycles. The number of aromatic amines is 1. The summed E-state index contributed by atoms with van der Waals surface area (Å²) in [5.74, 6) is -1.32. The Bertz CT molecular complexity index is 461. The Morgan fingerprint density at radius 3 is 2.75 bits per heavy atom. The number of hydrogen-bond donors (Lipinski definition) is 1. The van der Waals surface area contributed by atoms with Gasteiger partial charge in [0.05, 0.1) is 5.92 Å². The van der Waals surface area contributed by atoms with E-state index in [1.165, 1.54) is 6.07 Å². The Morgan fingerprint density at radius 2 is 2.12 bits per heavy atom. The van der Waals surface area contributed by atoms with Crippen LogP contribution in [0.3, 0.4) is 0 Å². The molecule has 0 radical (unpaired) electrons. The molecule has 1 aliphatic rings. The molecule has 0 saturated heterocycles. The quantitative estimate of drug-likeness (QED) is 0.730. The molecule has 0 spiro atoms. The summed E-state index contributed by atoms with van der Waals surface area (Å²) in [6.45, 7) is 1.68. The average molecular weight is 231 g/mol. The summed E-state index contributed by atoms with van der Waals surface area (Å²) < 4.78 is 37.6. The molecular weight excluding hydrogens is 219 g/mol. The summed E-state index contributed by atoms with van der Waals surface area (Å²) in [6.07, 6.45) is -4.04. The largest absolute Gasteiger partial charge is 0.392 e. The minimum absolute atomic E-state index is 0.0165. The third-order valence-electron chi connectivity index (χ3n) is 3.01. The van der Waals surface area contributed by atoms with Crippen molar-refractivity contribution in [3.8, 4) is 0 Å². The molecule has 2 nitrogen and oxygen atoms in total. The van der Waals surface area contributed by atoms with Gasteiger partial charge in [0.15, 0.2) is 5.43 Å². The summed E-state index contributed by atoms with van der Waals surface area (Å²) >= 11 is 0. The van der Waals surface area contributed by atoms with Crippen molar-refractivity contribution in [1.82, 2.24) is 4.98 Å². The van der Waals surface area contributed by atoms with E-state index in [1.54, 1.807) is 6.92 Å². The molecule has 1 aromatic heterocycles. The topological polar surface area (TPSA) is 32.9 Å². The fraction of sp³-hybridized carbons (Fsp3) is 0.545. The van der Waals surface area contributed by atoms with Gasteiger partial charge in [-0.2, -0.15) is 13.2 Å². The van der Waals surface area contributed by atoms with Crippen LogP contribution in [0.5, 0.6) is 0 Å². The van der Waals surface area contributed by atoms with Gasteiger partial charge >= 0.3 is 6.18 Å². The van der Waals surface area contributed by atoms with Crippen LogP contribution >= 0.6 is 0 Å². The van der Waals surface area contributed by atoms with Crippen LogP contribution in [0.1, 0.15) is 23.4 Å². The third-order valence-corrected chi connectivity index (χ3v) is 3.01. The predicted octanol–water partition coefficient (Wildman–Crippen LogP) is 2.35. The van der Waals surface area contributed by atoms with Gasteiger partial charge in [-0.05, 0) is 26.2 Å². The number of alkyl halides is 3. The van der Waals surface area contributed by atoms with Crippen LogP contribution in [-0.4, -0.2) is 11.2 Å². The van der Waals surface area contributed by atoms with Gasteiger partial charge in [0.25, 0.3) is 0 Å². The molecule has 1 atom stereocenters. The highest BCUT2D eigenvalue weighted by Gasteiger charge is 2.41. The molecule has 1 unspecified atom stereocenters. The first kappa shape index (κ1) is 11.2. The van der Waals surface area contributed by atoms with E-state index in [9.17, 15) is 18.0 Å². The number of rotatable bonds is 0. The monoisotopic (exact) mass is 231 g/mol. The van der Waals surface area contributed by atoms with Crippen molar-refractivity contribution in [3.63, 3.8) is 0 Å². The van der Waals surface area contributed by atoms with E-state index < -0.39 is 12.1 Å². The van der Waals surface area contributed by atoms with E-state index in [2.05, 4.69) is 4.98 Å². The van der Waals surface area contributed by atoms with E-state index in [1.807, 2.05) is 0 Å². The van der Waals surface area contributed by atoms with Crippen LogP contribution in [0, 0.1) is 12.8 Å². The maximum absolute atomic E-state index is 12.5. The van der Waals surface area contributed by atoms with Gasteiger partial charge in [0, 0.05) is 23.0 Å². The second-order valence-electron chi connectivity index (χ2n) is 4.26. The summed E-state index contributed by atoms with van der Waals surface area (Å²) in [6, 6.07) is 1.44. The van der Waals surface area contributed by atoms with Gasteiger partial charge in [0.1, 0.15) is 0 Å². The van der Waals surface area contributed by atoms with Crippen LogP contribution in [0.4, 0.5) is 13.2 Å². The maximum Gasteiger partial charge on any atom is 0.392 e. The fourth-order valence-corrected chi connectivity index (χ4v) is 2.18. The van der Waals surface area contributed by atoms with E-state index in [0.717, 1.165) is 0 Å². The number of aryl methyl sites for hydroxylation is 1. The average Bonchev–Trinajstić information content (AvgIpc) is 2.15. The Balaban J connectivity index is 2.37. The van der Waals surface area contributed by atoms with Crippen molar-refractivity contribution in [2.75, 3.05) is 0 Å². The Labute approximate surface area is 90.5 Å². The maximum atomic E-state index is 12.5. The number of hydrogen-bond acceptors (Lipinski definition) is 1. The van der Waals surface area contributed by atoms with Gasteiger partial charge in [-0.1, -0.05) is 0 Å². The van der Waals surface area contributed by atoms with Gasteiger partial charge in [-0.3, -0.25) is 4.79 Å². The number of aromatic nitrogens is 1. The van der Waals surface area contributed by atoms with Crippen LogP contribution in [0.15, 0.2) is 10.9 Å². The first-order valence-corrected chi connectivity index (χ1v) is 5.16. The van der Waals surface area contributed by atoms with E-state index in [0.29, 0.717) is 17.0 Å². The second-order valence-corrected chi connectivity index (χ2v) is 4.26. The van der Waals surface area contributed by atoms with Crippen molar-refractivity contribution < 1.29 is 13.2 Å². The lowest BCUT2D eigenvalue weighted by Crippen LogP contribution is -2.32. The standard InChI is InChI=1S/C11H12F3NO/c1-6-4-10(16)8-3-2-7(11(12,13)14)5-9(8)15-6/h4,7H,2-3,5H2,1H3,(H,15,16). The smallest absolute Gasteiger partial charge is 0.362 e. The van der Waals surface area contributed by atoms with Crippen LogP contribution < -0.4 is 5.43 Å². The molecule has 88 valence electrons. The highest BCUT2D eigenvalue weighted by Crippen LogP contribution is 2.35. The summed E-state index contributed by atoms with van der Waals surface area (Å²) in [5, 5.41) is 0. The predicted molar refractivity (Wildman–Crippen MR) is 53.4 cm³/mol. The minimum Gasteiger partial charge on any atom is -0.362 e. The number of fused-ring (bicyclic) bond motifs is 1. The number of nitrogens with one attached hydrogen (secondary N) is 1. The molecular formula is C11H12F3NO. The molecule has 1 aromatic rings. The molecule has 1 aliphatic carbocycles. The van der Waals surface area contributed by atoms with Crippen molar-refractivity contribution in [3.05, 3.63) is 33.2 Å². The minimum atomic E-state index is -4.17. The van der Waals surface area contributed by atoms with Crippen molar-refractivity contribution in [2.45, 2.75) is 32.4 Å². The molecule has 5 heteroatoms. The van der Waals surface area contributed by atoms with E-state index in [4.69, 9.17) is 0 Å². The fourth-order valence-electron chi connectivity index (χ4n) is 2.18.